The summed E-state index contributed by atoms with van der Waals surface area (Å²) in [5, 5.41) is 2.71. The molecule has 11 heavy (non-hydrogen) atoms. The van der Waals surface area contributed by atoms with Crippen molar-refractivity contribution in [3.8, 4) is 0 Å². The minimum Gasteiger partial charge on any atom is -0.341 e. The van der Waals surface area contributed by atoms with Crippen LogP contribution in [0.1, 0.15) is 34.1 Å². The number of nitrogens with one attached hydrogen (secondary N) is 1. The summed E-state index contributed by atoms with van der Waals surface area (Å²) in [5.74, 6) is 0.00634. The minimum atomic E-state index is -0.340. The van der Waals surface area contributed by atoms with Crippen molar-refractivity contribution in [1.29, 1.82) is 0 Å². The molecule has 0 aliphatic carbocycles. The Hall–Kier alpha value is -0.570. The normalized spacial score (nSPS) is 14.3. The van der Waals surface area contributed by atoms with Crippen LogP contribution in [-0.4, -0.2) is 12.1 Å². The Bertz CT molecular complexity index is 138. The van der Waals surface area contributed by atoms with E-state index in [0.29, 0.717) is 0 Å². The Morgan fingerprint density at radius 2 is 2.00 bits per heavy atom. The lowest BCUT2D eigenvalue weighted by molar-refractivity contribution is -0.129. The van der Waals surface area contributed by atoms with E-state index in [1.54, 1.807) is 0 Å². The third kappa shape index (κ3) is 3.98. The van der Waals surface area contributed by atoms with Crippen molar-refractivity contribution in [1.82, 2.24) is 5.32 Å². The Balaban J connectivity index is 3.88. The topological polar surface area (TPSA) is 55.1 Å². The molecule has 0 saturated carbocycles. The molecular formula is C8H18N2O. The molecule has 0 fully saturated rings. The molecule has 0 radical (unpaired) electrons. The van der Waals surface area contributed by atoms with Crippen LogP contribution in [0.2, 0.25) is 0 Å². The Morgan fingerprint density at radius 1 is 1.55 bits per heavy atom. The summed E-state index contributed by atoms with van der Waals surface area (Å²) in [4.78, 5) is 11.2. The molecule has 0 aromatic heterocycles. The van der Waals surface area contributed by atoms with Crippen LogP contribution in [0.3, 0.4) is 0 Å². The summed E-state index contributed by atoms with van der Waals surface area (Å²) < 4.78 is 0. The second-order valence-corrected chi connectivity index (χ2v) is 3.74. The lowest BCUT2D eigenvalue weighted by Gasteiger charge is -2.20. The van der Waals surface area contributed by atoms with Gasteiger partial charge in [-0.25, -0.2) is 0 Å². The lowest BCUT2D eigenvalue weighted by Crippen LogP contribution is -2.45. The van der Waals surface area contributed by atoms with Gasteiger partial charge in [0.1, 0.15) is 0 Å². The molecule has 0 aromatic carbocycles. The van der Waals surface area contributed by atoms with Crippen molar-refractivity contribution in [2.75, 3.05) is 0 Å². The van der Waals surface area contributed by atoms with Crippen molar-refractivity contribution < 1.29 is 4.79 Å². The van der Waals surface area contributed by atoms with Gasteiger partial charge in [0.05, 0.1) is 6.17 Å². The smallest absolute Gasteiger partial charge is 0.226 e. The van der Waals surface area contributed by atoms with Gasteiger partial charge in [0.25, 0.3) is 0 Å². The highest BCUT2D eigenvalue weighted by Crippen LogP contribution is 2.12. The third-order valence-corrected chi connectivity index (χ3v) is 1.44. The molecular weight excluding hydrogens is 140 g/mol. The largest absolute Gasteiger partial charge is 0.341 e. The molecule has 0 rings (SSSR count). The fourth-order valence-corrected chi connectivity index (χ4v) is 0.487. The molecule has 0 bridgehead atoms. The molecule has 1 unspecified atom stereocenters. The highest BCUT2D eigenvalue weighted by atomic mass is 16.2. The fourth-order valence-electron chi connectivity index (χ4n) is 0.487. The molecule has 3 heteroatoms. The summed E-state index contributed by atoms with van der Waals surface area (Å²) >= 11 is 0. The minimum absolute atomic E-state index is 0.00634. The second-order valence-electron chi connectivity index (χ2n) is 3.74. The quantitative estimate of drug-likeness (QED) is 0.585. The van der Waals surface area contributed by atoms with Crippen LogP contribution in [0.5, 0.6) is 0 Å². The van der Waals surface area contributed by atoms with Gasteiger partial charge in [0, 0.05) is 5.41 Å². The Morgan fingerprint density at radius 3 is 2.27 bits per heavy atom. The van der Waals surface area contributed by atoms with Crippen LogP contribution in [0.15, 0.2) is 0 Å². The summed E-state index contributed by atoms with van der Waals surface area (Å²) in [5.41, 5.74) is 5.20. The van der Waals surface area contributed by atoms with E-state index in [-0.39, 0.29) is 17.5 Å². The molecule has 3 nitrogen and oxygen atoms in total. The van der Waals surface area contributed by atoms with Crippen molar-refractivity contribution in [2.45, 2.75) is 40.3 Å². The SMILES string of the molecule is CCC(N)NC(=O)C(C)(C)C. The highest BCUT2D eigenvalue weighted by Gasteiger charge is 2.21. The number of rotatable bonds is 2. The van der Waals surface area contributed by atoms with Crippen LogP contribution < -0.4 is 11.1 Å². The van der Waals surface area contributed by atoms with E-state index in [1.165, 1.54) is 0 Å². The van der Waals surface area contributed by atoms with E-state index in [0.717, 1.165) is 6.42 Å². The zero-order valence-electron chi connectivity index (χ0n) is 7.77. The van der Waals surface area contributed by atoms with Gasteiger partial charge in [0.15, 0.2) is 0 Å². The first-order chi connectivity index (χ1) is 4.88. The van der Waals surface area contributed by atoms with Crippen molar-refractivity contribution >= 4 is 5.91 Å². The van der Waals surface area contributed by atoms with Gasteiger partial charge in [-0.05, 0) is 6.42 Å². The van der Waals surface area contributed by atoms with Gasteiger partial charge in [-0.15, -0.1) is 0 Å². The standard InChI is InChI=1S/C8H18N2O/c1-5-6(9)10-7(11)8(2,3)4/h6H,5,9H2,1-4H3,(H,10,11). The third-order valence-electron chi connectivity index (χ3n) is 1.44. The first kappa shape index (κ1) is 10.4. The highest BCUT2D eigenvalue weighted by molar-refractivity contribution is 5.81. The summed E-state index contributed by atoms with van der Waals surface area (Å²) in [6.07, 6.45) is 0.559. The van der Waals surface area contributed by atoms with Crippen molar-refractivity contribution in [3.05, 3.63) is 0 Å². The van der Waals surface area contributed by atoms with Crippen LogP contribution >= 0.6 is 0 Å². The van der Waals surface area contributed by atoms with E-state index >= 15 is 0 Å². The Labute approximate surface area is 68.3 Å². The van der Waals surface area contributed by atoms with Crippen LogP contribution in [0.25, 0.3) is 0 Å². The van der Waals surface area contributed by atoms with Gasteiger partial charge < -0.3 is 11.1 Å². The van der Waals surface area contributed by atoms with Crippen LogP contribution in [-0.2, 0) is 4.79 Å². The molecule has 0 heterocycles. The first-order valence-corrected chi connectivity index (χ1v) is 3.94. The number of hydrogen-bond donors (Lipinski definition) is 2. The number of hydrogen-bond acceptors (Lipinski definition) is 2. The van der Waals surface area contributed by atoms with E-state index in [1.807, 2.05) is 27.7 Å². The average Bonchev–Trinajstić information content (AvgIpc) is 1.85. The summed E-state index contributed by atoms with van der Waals surface area (Å²) in [7, 11) is 0. The molecule has 0 saturated heterocycles. The maximum absolute atomic E-state index is 11.2. The zero-order valence-corrected chi connectivity index (χ0v) is 7.77. The molecule has 0 aromatic rings. The van der Waals surface area contributed by atoms with Crippen molar-refractivity contribution in [3.63, 3.8) is 0 Å². The molecule has 0 spiro atoms. The Kier molecular flexibility index (Phi) is 3.52. The summed E-state index contributed by atoms with van der Waals surface area (Å²) in [6.45, 7) is 7.54. The molecule has 1 amide bonds. The second kappa shape index (κ2) is 3.72. The lowest BCUT2D eigenvalue weighted by atomic mass is 9.95. The fraction of sp³-hybridized carbons (Fsp3) is 0.875. The molecule has 0 aliphatic rings. The van der Waals surface area contributed by atoms with E-state index in [9.17, 15) is 4.79 Å². The molecule has 0 aliphatic heterocycles. The van der Waals surface area contributed by atoms with Crippen molar-refractivity contribution in [2.24, 2.45) is 11.1 Å². The predicted molar refractivity (Wildman–Crippen MR) is 45.9 cm³/mol. The van der Waals surface area contributed by atoms with Gasteiger partial charge in [-0.2, -0.15) is 0 Å². The number of nitrogens with two attached hydrogens (primary N) is 1. The molecule has 3 N–H and O–H groups in total. The number of carbonyl (C=O) groups is 1. The summed E-state index contributed by atoms with van der Waals surface area (Å²) in [6, 6.07) is 0. The van der Waals surface area contributed by atoms with Gasteiger partial charge in [-0.1, -0.05) is 27.7 Å². The maximum atomic E-state index is 11.2. The zero-order chi connectivity index (χ0) is 9.07. The first-order valence-electron chi connectivity index (χ1n) is 3.94. The van der Waals surface area contributed by atoms with E-state index in [4.69, 9.17) is 5.73 Å². The monoisotopic (exact) mass is 158 g/mol. The van der Waals surface area contributed by atoms with E-state index in [2.05, 4.69) is 5.32 Å². The van der Waals surface area contributed by atoms with Gasteiger partial charge >= 0.3 is 0 Å². The number of carbonyl (C=O) groups excluding carboxylic acids is 1. The average molecular weight is 158 g/mol. The number of amides is 1. The maximum Gasteiger partial charge on any atom is 0.226 e. The molecule has 66 valence electrons. The molecule has 1 atom stereocenters. The van der Waals surface area contributed by atoms with Gasteiger partial charge in [-0.3, -0.25) is 4.79 Å². The van der Waals surface area contributed by atoms with Crippen LogP contribution in [0.4, 0.5) is 0 Å². The predicted octanol–water partition coefficient (Wildman–Crippen LogP) is 0.843. The van der Waals surface area contributed by atoms with Crippen LogP contribution in [0, 0.1) is 5.41 Å². The van der Waals surface area contributed by atoms with Gasteiger partial charge in [0.2, 0.25) is 5.91 Å². The van der Waals surface area contributed by atoms with E-state index < -0.39 is 0 Å².